The molecule has 5 heteroatoms. The van der Waals surface area contributed by atoms with Gasteiger partial charge >= 0.3 is 0 Å². The van der Waals surface area contributed by atoms with Crippen LogP contribution in [0.3, 0.4) is 0 Å². The number of amides is 1. The van der Waals surface area contributed by atoms with Crippen LogP contribution in [0.5, 0.6) is 0 Å². The predicted octanol–water partition coefficient (Wildman–Crippen LogP) is 3.32. The molecule has 1 amide bonds. The summed E-state index contributed by atoms with van der Waals surface area (Å²) in [5.41, 5.74) is 4.71. The molecule has 1 aromatic rings. The zero-order chi connectivity index (χ0) is 18.7. The van der Waals surface area contributed by atoms with Gasteiger partial charge in [-0.15, -0.1) is 0 Å². The van der Waals surface area contributed by atoms with Gasteiger partial charge in [0, 0.05) is 30.4 Å². The molecule has 150 valence electrons. The SMILES string of the molecule is O=C(c1n[nH]c2c1CCCC2)N1CCCC2=C[C@H]3C[C@@H](CN4CCCC[C@@H]34)[C@H]21. The number of H-pyrrole nitrogens is 1. The average molecular weight is 381 g/mol. The van der Waals surface area contributed by atoms with Crippen molar-refractivity contribution in [1.82, 2.24) is 20.0 Å². The number of nitrogens with zero attached hydrogens (tertiary/aromatic N) is 3. The zero-order valence-electron chi connectivity index (χ0n) is 16.8. The van der Waals surface area contributed by atoms with Crippen molar-refractivity contribution < 1.29 is 4.79 Å². The minimum atomic E-state index is 0.189. The second-order valence-electron chi connectivity index (χ2n) is 9.74. The van der Waals surface area contributed by atoms with Crippen LogP contribution >= 0.6 is 0 Å². The number of piperidine rings is 3. The highest BCUT2D eigenvalue weighted by atomic mass is 16.2. The number of rotatable bonds is 1. The lowest BCUT2D eigenvalue weighted by Gasteiger charge is -2.54. The van der Waals surface area contributed by atoms with Gasteiger partial charge in [0.25, 0.3) is 5.91 Å². The fraction of sp³-hybridized carbons (Fsp3) is 0.739. The molecule has 0 saturated carbocycles. The van der Waals surface area contributed by atoms with Gasteiger partial charge in [-0.3, -0.25) is 14.8 Å². The third-order valence-corrected chi connectivity index (χ3v) is 8.18. The van der Waals surface area contributed by atoms with Crippen molar-refractivity contribution in [2.24, 2.45) is 11.8 Å². The Balaban J connectivity index is 1.32. The van der Waals surface area contributed by atoms with Crippen LogP contribution in [0.4, 0.5) is 0 Å². The molecular formula is C23H32N4O. The molecule has 3 saturated heterocycles. The van der Waals surface area contributed by atoms with E-state index in [1.165, 1.54) is 69.3 Å². The summed E-state index contributed by atoms with van der Waals surface area (Å²) in [7, 11) is 0. The van der Waals surface area contributed by atoms with Gasteiger partial charge in [0.1, 0.15) is 0 Å². The lowest BCUT2D eigenvalue weighted by Crippen LogP contribution is -2.60. The highest BCUT2D eigenvalue weighted by molar-refractivity contribution is 5.94. The summed E-state index contributed by atoms with van der Waals surface area (Å²) in [4.78, 5) is 18.6. The third-order valence-electron chi connectivity index (χ3n) is 8.18. The zero-order valence-corrected chi connectivity index (χ0v) is 16.8. The van der Waals surface area contributed by atoms with E-state index in [9.17, 15) is 4.79 Å². The number of aromatic amines is 1. The first kappa shape index (κ1) is 17.3. The van der Waals surface area contributed by atoms with Gasteiger partial charge in [-0.05, 0) is 76.2 Å². The van der Waals surface area contributed by atoms with Gasteiger partial charge in [0.05, 0.1) is 6.04 Å². The molecule has 3 fully saturated rings. The predicted molar refractivity (Wildman–Crippen MR) is 108 cm³/mol. The molecule has 0 unspecified atom stereocenters. The molecule has 0 radical (unpaired) electrons. The van der Waals surface area contributed by atoms with Crippen LogP contribution in [0, 0.1) is 11.8 Å². The molecule has 6 rings (SSSR count). The van der Waals surface area contributed by atoms with Crippen molar-refractivity contribution in [1.29, 1.82) is 0 Å². The largest absolute Gasteiger partial charge is 0.330 e. The van der Waals surface area contributed by atoms with Crippen molar-refractivity contribution in [3.63, 3.8) is 0 Å². The molecule has 4 heterocycles. The average Bonchev–Trinajstić information content (AvgIpc) is 3.17. The van der Waals surface area contributed by atoms with Crippen LogP contribution in [-0.2, 0) is 12.8 Å². The van der Waals surface area contributed by atoms with Gasteiger partial charge in [-0.25, -0.2) is 0 Å². The van der Waals surface area contributed by atoms with Crippen LogP contribution in [-0.4, -0.2) is 57.6 Å². The quantitative estimate of drug-likeness (QED) is 0.761. The van der Waals surface area contributed by atoms with Gasteiger partial charge in [0.2, 0.25) is 0 Å². The van der Waals surface area contributed by atoms with Gasteiger partial charge < -0.3 is 4.90 Å². The maximum absolute atomic E-state index is 13.6. The van der Waals surface area contributed by atoms with Gasteiger partial charge in [-0.1, -0.05) is 18.1 Å². The first-order chi connectivity index (χ1) is 13.8. The van der Waals surface area contributed by atoms with Crippen molar-refractivity contribution in [2.45, 2.75) is 76.3 Å². The van der Waals surface area contributed by atoms with Crippen LogP contribution in [0.25, 0.3) is 0 Å². The molecule has 5 aliphatic rings. The topological polar surface area (TPSA) is 52.2 Å². The molecule has 28 heavy (non-hydrogen) atoms. The molecule has 1 N–H and O–H groups in total. The Morgan fingerprint density at radius 2 is 2.00 bits per heavy atom. The van der Waals surface area contributed by atoms with E-state index in [1.54, 1.807) is 5.57 Å². The lowest BCUT2D eigenvalue weighted by molar-refractivity contribution is 0.00128. The molecule has 3 aliphatic heterocycles. The van der Waals surface area contributed by atoms with Gasteiger partial charge in [0.15, 0.2) is 5.69 Å². The third kappa shape index (κ3) is 2.62. The van der Waals surface area contributed by atoms with E-state index in [1.807, 2.05) is 0 Å². The fourth-order valence-corrected chi connectivity index (χ4v) is 7.00. The highest BCUT2D eigenvalue weighted by Gasteiger charge is 2.47. The number of aryl methyl sites for hydroxylation is 1. The molecule has 2 aliphatic carbocycles. The number of hydrogen-bond donors (Lipinski definition) is 1. The number of aromatic nitrogens is 2. The van der Waals surface area contributed by atoms with E-state index < -0.39 is 0 Å². The minimum absolute atomic E-state index is 0.189. The summed E-state index contributed by atoms with van der Waals surface area (Å²) >= 11 is 0. The van der Waals surface area contributed by atoms with E-state index >= 15 is 0 Å². The van der Waals surface area contributed by atoms with Gasteiger partial charge in [-0.2, -0.15) is 5.10 Å². The summed E-state index contributed by atoms with van der Waals surface area (Å²) in [5, 5.41) is 7.69. The summed E-state index contributed by atoms with van der Waals surface area (Å²) in [6.07, 6.45) is 14.7. The number of hydrogen-bond acceptors (Lipinski definition) is 3. The van der Waals surface area contributed by atoms with Crippen molar-refractivity contribution >= 4 is 5.91 Å². The van der Waals surface area contributed by atoms with E-state index in [0.717, 1.165) is 43.5 Å². The summed E-state index contributed by atoms with van der Waals surface area (Å²) in [5.74, 6) is 1.52. The molecule has 0 aromatic carbocycles. The minimum Gasteiger partial charge on any atom is -0.330 e. The standard InChI is InChI=1S/C23H32N4O/c28-23(21-18-7-1-2-8-19(18)24-25-21)27-11-5-6-15-12-16-13-17(22(15)27)14-26-10-4-3-9-20(16)26/h12,16-17,20,22H,1-11,13-14H2,(H,24,25)/t16-,17-,20-,22-/m0/s1. The molecule has 2 bridgehead atoms. The van der Waals surface area contributed by atoms with Crippen LogP contribution in [0.1, 0.15) is 73.1 Å². The maximum atomic E-state index is 13.6. The Morgan fingerprint density at radius 1 is 1.07 bits per heavy atom. The Hall–Kier alpha value is -1.62. The van der Waals surface area contributed by atoms with Crippen molar-refractivity contribution in [3.05, 3.63) is 28.6 Å². The first-order valence-electron chi connectivity index (χ1n) is 11.6. The maximum Gasteiger partial charge on any atom is 0.275 e. The molecule has 1 aromatic heterocycles. The molecular weight excluding hydrogens is 348 g/mol. The Kier molecular flexibility index (Phi) is 4.14. The fourth-order valence-electron chi connectivity index (χ4n) is 7.00. The number of likely N-dealkylation sites (tertiary alicyclic amines) is 1. The molecule has 4 atom stereocenters. The molecule has 0 spiro atoms. The number of nitrogens with one attached hydrogen (secondary N) is 1. The second kappa shape index (κ2) is 6.72. The number of fused-ring (bicyclic) bond motifs is 7. The van der Waals surface area contributed by atoms with Crippen molar-refractivity contribution in [2.75, 3.05) is 19.6 Å². The van der Waals surface area contributed by atoms with E-state index in [0.29, 0.717) is 12.0 Å². The number of carbonyl (C=O) groups is 1. The van der Waals surface area contributed by atoms with Crippen LogP contribution in [0.15, 0.2) is 11.6 Å². The smallest absolute Gasteiger partial charge is 0.275 e. The Labute approximate surface area is 167 Å². The van der Waals surface area contributed by atoms with Crippen LogP contribution < -0.4 is 0 Å². The lowest BCUT2D eigenvalue weighted by atomic mass is 9.68. The Morgan fingerprint density at radius 3 is 2.96 bits per heavy atom. The summed E-state index contributed by atoms with van der Waals surface area (Å²) < 4.78 is 0. The van der Waals surface area contributed by atoms with Crippen LogP contribution in [0.2, 0.25) is 0 Å². The normalized spacial score (nSPS) is 34.9. The van der Waals surface area contributed by atoms with E-state index in [2.05, 4.69) is 26.1 Å². The summed E-state index contributed by atoms with van der Waals surface area (Å²) in [6, 6.07) is 1.08. The molecule has 5 nitrogen and oxygen atoms in total. The van der Waals surface area contributed by atoms with E-state index in [-0.39, 0.29) is 5.91 Å². The Bertz CT molecular complexity index is 812. The second-order valence-corrected chi connectivity index (χ2v) is 9.74. The summed E-state index contributed by atoms with van der Waals surface area (Å²) in [6.45, 7) is 3.34. The monoisotopic (exact) mass is 380 g/mol. The van der Waals surface area contributed by atoms with E-state index in [4.69, 9.17) is 0 Å². The highest BCUT2D eigenvalue weighted by Crippen LogP contribution is 2.45. The first-order valence-corrected chi connectivity index (χ1v) is 11.6. The number of carbonyl (C=O) groups excluding carboxylic acids is 1. The van der Waals surface area contributed by atoms with Crippen molar-refractivity contribution in [3.8, 4) is 0 Å².